The molecule has 0 saturated carbocycles. The van der Waals surface area contributed by atoms with E-state index < -0.39 is 11.9 Å². The Labute approximate surface area is 153 Å². The van der Waals surface area contributed by atoms with E-state index in [0.717, 1.165) is 16.7 Å². The Morgan fingerprint density at radius 2 is 1.42 bits per heavy atom. The number of nitrogens with one attached hydrogen (secondary N) is 1. The van der Waals surface area contributed by atoms with Crippen molar-refractivity contribution in [3.63, 3.8) is 0 Å². The van der Waals surface area contributed by atoms with Gasteiger partial charge in [0.05, 0.1) is 19.8 Å². The zero-order chi connectivity index (χ0) is 19.3. The highest BCUT2D eigenvalue weighted by Crippen LogP contribution is 2.25. The number of anilines is 1. The third kappa shape index (κ3) is 4.75. The molecule has 0 aliphatic carbocycles. The summed E-state index contributed by atoms with van der Waals surface area (Å²) < 4.78 is 15.5. The van der Waals surface area contributed by atoms with Crippen LogP contribution in [0.5, 0.6) is 11.5 Å². The summed E-state index contributed by atoms with van der Waals surface area (Å²) in [6.07, 6.45) is 0. The Kier molecular flexibility index (Phi) is 6.22. The minimum Gasteiger partial charge on any atom is -0.497 e. The van der Waals surface area contributed by atoms with Crippen LogP contribution in [0.1, 0.15) is 27.0 Å². The summed E-state index contributed by atoms with van der Waals surface area (Å²) in [5, 5.41) is 2.66. The molecule has 0 aromatic heterocycles. The summed E-state index contributed by atoms with van der Waals surface area (Å²) in [6.45, 7) is 5.27. The average Bonchev–Trinajstić information content (AvgIpc) is 2.58. The zero-order valence-corrected chi connectivity index (χ0v) is 15.6. The Morgan fingerprint density at radius 3 is 1.92 bits per heavy atom. The number of methoxy groups -OCH3 is 2. The van der Waals surface area contributed by atoms with E-state index in [4.69, 9.17) is 14.2 Å². The van der Waals surface area contributed by atoms with Crippen LogP contribution in [0.25, 0.3) is 0 Å². The molecule has 0 spiro atoms. The molecule has 138 valence electrons. The van der Waals surface area contributed by atoms with Crippen LogP contribution >= 0.6 is 0 Å². The van der Waals surface area contributed by atoms with Crippen molar-refractivity contribution in [2.75, 3.05) is 26.1 Å². The normalized spacial score (nSPS) is 10.2. The standard InChI is InChI=1S/C20H23NO5/c1-12-6-13(2)19(14(3)7-12)20(23)26-11-18(22)21-15-8-16(24-4)10-17(9-15)25-5/h6-10H,11H2,1-5H3,(H,21,22). The summed E-state index contributed by atoms with van der Waals surface area (Å²) in [5.41, 5.74) is 3.70. The first kappa shape index (κ1) is 19.3. The molecule has 0 aliphatic rings. The highest BCUT2D eigenvalue weighted by atomic mass is 16.5. The fourth-order valence-electron chi connectivity index (χ4n) is 2.78. The third-order valence-corrected chi connectivity index (χ3v) is 3.85. The number of benzene rings is 2. The van der Waals surface area contributed by atoms with Crippen molar-refractivity contribution in [2.45, 2.75) is 20.8 Å². The van der Waals surface area contributed by atoms with E-state index in [0.29, 0.717) is 22.7 Å². The minimum absolute atomic E-state index is 0.384. The molecule has 2 aromatic carbocycles. The van der Waals surface area contributed by atoms with E-state index in [9.17, 15) is 9.59 Å². The summed E-state index contributed by atoms with van der Waals surface area (Å²) in [4.78, 5) is 24.4. The second-order valence-corrected chi connectivity index (χ2v) is 6.00. The van der Waals surface area contributed by atoms with Gasteiger partial charge in [0.25, 0.3) is 5.91 Å². The fraction of sp³-hybridized carbons (Fsp3) is 0.300. The minimum atomic E-state index is -0.515. The predicted octanol–water partition coefficient (Wildman–Crippen LogP) is 3.42. The molecule has 1 amide bonds. The van der Waals surface area contributed by atoms with Gasteiger partial charge in [0, 0.05) is 23.9 Å². The van der Waals surface area contributed by atoms with Crippen molar-refractivity contribution in [1.82, 2.24) is 0 Å². The highest BCUT2D eigenvalue weighted by molar-refractivity contribution is 5.97. The summed E-state index contributed by atoms with van der Waals surface area (Å²) in [6, 6.07) is 8.81. The number of amides is 1. The van der Waals surface area contributed by atoms with E-state index in [1.165, 1.54) is 14.2 Å². The van der Waals surface area contributed by atoms with Gasteiger partial charge in [-0.25, -0.2) is 4.79 Å². The number of esters is 1. The van der Waals surface area contributed by atoms with Gasteiger partial charge in [-0.15, -0.1) is 0 Å². The van der Waals surface area contributed by atoms with Crippen LogP contribution in [0.3, 0.4) is 0 Å². The average molecular weight is 357 g/mol. The molecule has 0 atom stereocenters. The molecular formula is C20H23NO5. The molecular weight excluding hydrogens is 334 g/mol. The van der Waals surface area contributed by atoms with Gasteiger partial charge in [0.15, 0.2) is 6.61 Å². The monoisotopic (exact) mass is 357 g/mol. The quantitative estimate of drug-likeness (QED) is 0.802. The van der Waals surface area contributed by atoms with E-state index in [1.807, 2.05) is 32.9 Å². The first-order valence-electron chi connectivity index (χ1n) is 8.12. The largest absolute Gasteiger partial charge is 0.497 e. The molecule has 6 nitrogen and oxygen atoms in total. The van der Waals surface area contributed by atoms with Gasteiger partial charge >= 0.3 is 5.97 Å². The first-order valence-corrected chi connectivity index (χ1v) is 8.12. The van der Waals surface area contributed by atoms with Crippen molar-refractivity contribution < 1.29 is 23.8 Å². The molecule has 0 unspecified atom stereocenters. The molecule has 0 radical (unpaired) electrons. The van der Waals surface area contributed by atoms with Crippen molar-refractivity contribution in [3.8, 4) is 11.5 Å². The van der Waals surface area contributed by atoms with Crippen LogP contribution in [0.15, 0.2) is 30.3 Å². The Bertz CT molecular complexity index is 784. The van der Waals surface area contributed by atoms with Gasteiger partial charge in [-0.1, -0.05) is 17.7 Å². The molecule has 2 rings (SSSR count). The van der Waals surface area contributed by atoms with E-state index in [-0.39, 0.29) is 6.61 Å². The second kappa shape index (κ2) is 8.38. The van der Waals surface area contributed by atoms with Gasteiger partial charge in [-0.05, 0) is 31.9 Å². The first-order chi connectivity index (χ1) is 12.3. The van der Waals surface area contributed by atoms with Crippen molar-refractivity contribution in [3.05, 3.63) is 52.6 Å². The third-order valence-electron chi connectivity index (χ3n) is 3.85. The Balaban J connectivity index is 2.02. The van der Waals surface area contributed by atoms with Gasteiger partial charge in [0.2, 0.25) is 0 Å². The van der Waals surface area contributed by atoms with Gasteiger partial charge in [-0.2, -0.15) is 0 Å². The number of carbonyl (C=O) groups is 2. The maximum Gasteiger partial charge on any atom is 0.339 e. The highest BCUT2D eigenvalue weighted by Gasteiger charge is 2.16. The summed E-state index contributed by atoms with van der Waals surface area (Å²) >= 11 is 0. The molecule has 0 aliphatic heterocycles. The smallest absolute Gasteiger partial charge is 0.339 e. The van der Waals surface area contributed by atoms with Crippen LogP contribution in [0.2, 0.25) is 0 Å². The molecule has 2 aromatic rings. The van der Waals surface area contributed by atoms with Crippen LogP contribution in [0, 0.1) is 20.8 Å². The van der Waals surface area contributed by atoms with Crippen molar-refractivity contribution in [1.29, 1.82) is 0 Å². The number of carbonyl (C=O) groups excluding carboxylic acids is 2. The molecule has 0 bridgehead atoms. The zero-order valence-electron chi connectivity index (χ0n) is 15.6. The lowest BCUT2D eigenvalue weighted by molar-refractivity contribution is -0.119. The van der Waals surface area contributed by atoms with Crippen LogP contribution in [-0.2, 0) is 9.53 Å². The van der Waals surface area contributed by atoms with Crippen LogP contribution in [0.4, 0.5) is 5.69 Å². The molecule has 0 fully saturated rings. The van der Waals surface area contributed by atoms with Gasteiger partial charge in [0.1, 0.15) is 11.5 Å². The SMILES string of the molecule is COc1cc(NC(=O)COC(=O)c2c(C)cc(C)cc2C)cc(OC)c1. The maximum absolute atomic E-state index is 12.3. The van der Waals surface area contributed by atoms with E-state index in [1.54, 1.807) is 18.2 Å². The number of aryl methyl sites for hydroxylation is 3. The number of rotatable bonds is 6. The lowest BCUT2D eigenvalue weighted by atomic mass is 10.00. The number of hydrogen-bond donors (Lipinski definition) is 1. The predicted molar refractivity (Wildman–Crippen MR) is 99.1 cm³/mol. The fourth-order valence-corrected chi connectivity index (χ4v) is 2.78. The molecule has 1 N–H and O–H groups in total. The van der Waals surface area contributed by atoms with E-state index >= 15 is 0 Å². The Morgan fingerprint density at radius 1 is 0.885 bits per heavy atom. The summed E-state index contributed by atoms with van der Waals surface area (Å²) in [7, 11) is 3.04. The Hall–Kier alpha value is -3.02. The lowest BCUT2D eigenvalue weighted by Gasteiger charge is -2.12. The van der Waals surface area contributed by atoms with Crippen molar-refractivity contribution in [2.24, 2.45) is 0 Å². The molecule has 0 saturated heterocycles. The van der Waals surface area contributed by atoms with Crippen LogP contribution in [-0.4, -0.2) is 32.7 Å². The maximum atomic E-state index is 12.3. The van der Waals surface area contributed by atoms with Crippen LogP contribution < -0.4 is 14.8 Å². The molecule has 0 heterocycles. The van der Waals surface area contributed by atoms with Gasteiger partial charge in [-0.3, -0.25) is 4.79 Å². The van der Waals surface area contributed by atoms with Crippen molar-refractivity contribution >= 4 is 17.6 Å². The topological polar surface area (TPSA) is 73.9 Å². The number of ether oxygens (including phenoxy) is 3. The second-order valence-electron chi connectivity index (χ2n) is 6.00. The number of hydrogen-bond acceptors (Lipinski definition) is 5. The van der Waals surface area contributed by atoms with E-state index in [2.05, 4.69) is 5.32 Å². The van der Waals surface area contributed by atoms with Gasteiger partial charge < -0.3 is 19.5 Å². The lowest BCUT2D eigenvalue weighted by Crippen LogP contribution is -2.21. The summed E-state index contributed by atoms with van der Waals surface area (Å²) in [5.74, 6) is 0.125. The molecule has 26 heavy (non-hydrogen) atoms. The molecule has 6 heteroatoms.